The van der Waals surface area contributed by atoms with Gasteiger partial charge in [0.05, 0.1) is 11.6 Å². The average Bonchev–Trinajstić information content (AvgIpc) is 2.82. The van der Waals surface area contributed by atoms with E-state index < -0.39 is 0 Å². The molecular formula is C15H15ClN4O. The summed E-state index contributed by atoms with van der Waals surface area (Å²) in [5.41, 5.74) is 2.93. The number of halogens is 1. The molecule has 0 saturated heterocycles. The lowest BCUT2D eigenvalue weighted by molar-refractivity contribution is 0.294. The van der Waals surface area contributed by atoms with E-state index in [0.29, 0.717) is 16.6 Å². The zero-order valence-electron chi connectivity index (χ0n) is 12.1. The largest absolute Gasteiger partial charge is 0.485 e. The second-order valence-electron chi connectivity index (χ2n) is 4.99. The first-order valence-corrected chi connectivity index (χ1v) is 6.96. The van der Waals surface area contributed by atoms with E-state index in [9.17, 15) is 0 Å². The van der Waals surface area contributed by atoms with E-state index in [1.54, 1.807) is 10.9 Å². The van der Waals surface area contributed by atoms with Crippen LogP contribution in [0, 0.1) is 13.8 Å². The summed E-state index contributed by atoms with van der Waals surface area (Å²) in [6, 6.07) is 6.08. The van der Waals surface area contributed by atoms with Crippen LogP contribution in [0.2, 0.25) is 5.15 Å². The first-order valence-electron chi connectivity index (χ1n) is 6.59. The van der Waals surface area contributed by atoms with E-state index in [0.717, 1.165) is 22.3 Å². The molecular weight excluding hydrogens is 288 g/mol. The van der Waals surface area contributed by atoms with Crippen LogP contribution in [-0.2, 0) is 13.7 Å². The minimum absolute atomic E-state index is 0.269. The van der Waals surface area contributed by atoms with Gasteiger partial charge in [0.2, 0.25) is 0 Å². The van der Waals surface area contributed by atoms with Gasteiger partial charge in [-0.05, 0) is 31.0 Å². The summed E-state index contributed by atoms with van der Waals surface area (Å²) in [4.78, 5) is 8.70. The monoisotopic (exact) mass is 302 g/mol. The van der Waals surface area contributed by atoms with Crippen LogP contribution in [0.5, 0.6) is 5.75 Å². The van der Waals surface area contributed by atoms with Gasteiger partial charge in [0.15, 0.2) is 11.5 Å². The van der Waals surface area contributed by atoms with Gasteiger partial charge in [-0.15, -0.1) is 0 Å². The number of rotatable bonds is 3. The van der Waals surface area contributed by atoms with Gasteiger partial charge in [-0.3, -0.25) is 4.68 Å². The van der Waals surface area contributed by atoms with Gasteiger partial charge < -0.3 is 4.74 Å². The van der Waals surface area contributed by atoms with Crippen LogP contribution >= 0.6 is 11.6 Å². The highest BCUT2D eigenvalue weighted by molar-refractivity contribution is 6.33. The first-order chi connectivity index (χ1) is 10.0. The van der Waals surface area contributed by atoms with Gasteiger partial charge >= 0.3 is 0 Å². The number of hydrogen-bond donors (Lipinski definition) is 0. The summed E-state index contributed by atoms with van der Waals surface area (Å²) in [6.07, 6.45) is 1.66. The molecule has 0 atom stereocenters. The maximum atomic E-state index is 6.15. The summed E-state index contributed by atoms with van der Waals surface area (Å²) < 4.78 is 7.48. The molecule has 3 rings (SSSR count). The fourth-order valence-electron chi connectivity index (χ4n) is 2.10. The van der Waals surface area contributed by atoms with Crippen LogP contribution in [0.25, 0.3) is 11.0 Å². The minimum Gasteiger partial charge on any atom is -0.485 e. The molecule has 108 valence electrons. The van der Waals surface area contributed by atoms with Crippen molar-refractivity contribution in [2.24, 2.45) is 7.05 Å². The van der Waals surface area contributed by atoms with Crippen molar-refractivity contribution in [3.8, 4) is 5.75 Å². The molecule has 2 heterocycles. The normalized spacial score (nSPS) is 11.0. The molecule has 0 unspecified atom stereocenters. The third-order valence-corrected chi connectivity index (χ3v) is 3.58. The molecule has 0 amide bonds. The van der Waals surface area contributed by atoms with Crippen molar-refractivity contribution in [3.63, 3.8) is 0 Å². The molecule has 0 saturated carbocycles. The summed E-state index contributed by atoms with van der Waals surface area (Å²) in [5, 5.41) is 5.27. The quantitative estimate of drug-likeness (QED) is 0.697. The van der Waals surface area contributed by atoms with Gasteiger partial charge in [0.1, 0.15) is 17.5 Å². The third kappa shape index (κ3) is 2.69. The van der Waals surface area contributed by atoms with Crippen molar-refractivity contribution in [3.05, 3.63) is 46.5 Å². The fourth-order valence-corrected chi connectivity index (χ4v) is 2.33. The van der Waals surface area contributed by atoms with Crippen LogP contribution < -0.4 is 4.74 Å². The van der Waals surface area contributed by atoms with Crippen LogP contribution in [0.3, 0.4) is 0 Å². The Morgan fingerprint density at radius 3 is 2.86 bits per heavy atom. The van der Waals surface area contributed by atoms with E-state index in [2.05, 4.69) is 21.1 Å². The second kappa shape index (κ2) is 5.33. The molecule has 0 radical (unpaired) electrons. The van der Waals surface area contributed by atoms with Crippen LogP contribution in [0.4, 0.5) is 0 Å². The predicted octanol–water partition coefficient (Wildman–Crippen LogP) is 3.21. The Morgan fingerprint density at radius 1 is 1.24 bits per heavy atom. The van der Waals surface area contributed by atoms with Gasteiger partial charge in [-0.2, -0.15) is 5.10 Å². The fraction of sp³-hybridized carbons (Fsp3) is 0.267. The molecule has 0 fully saturated rings. The number of aryl methyl sites for hydroxylation is 3. The molecule has 0 aliphatic rings. The Balaban J connectivity index is 1.88. The molecule has 5 nitrogen and oxygen atoms in total. The lowest BCUT2D eigenvalue weighted by Gasteiger charge is -2.09. The van der Waals surface area contributed by atoms with Gasteiger partial charge in [0.25, 0.3) is 0 Å². The maximum absolute atomic E-state index is 6.15. The second-order valence-corrected chi connectivity index (χ2v) is 5.35. The van der Waals surface area contributed by atoms with Gasteiger partial charge in [-0.25, -0.2) is 9.97 Å². The van der Waals surface area contributed by atoms with Crippen molar-refractivity contribution in [1.29, 1.82) is 0 Å². The Bertz CT molecular complexity index is 813. The minimum atomic E-state index is 0.269. The molecule has 0 spiro atoms. The van der Waals surface area contributed by atoms with Crippen LogP contribution in [-0.4, -0.2) is 19.7 Å². The molecule has 0 aliphatic carbocycles. The highest BCUT2D eigenvalue weighted by Gasteiger charge is 2.10. The number of hydrogen-bond acceptors (Lipinski definition) is 4. The van der Waals surface area contributed by atoms with Crippen molar-refractivity contribution in [2.45, 2.75) is 20.5 Å². The standard InChI is InChI=1S/C15H15ClN4O/c1-9-4-5-10(2)12(6-9)21-8-13-18-14(16)11-7-17-20(3)15(11)19-13/h4-7H,8H2,1-3H3. The van der Waals surface area contributed by atoms with E-state index in [1.165, 1.54) is 0 Å². The van der Waals surface area contributed by atoms with Crippen LogP contribution in [0.1, 0.15) is 17.0 Å². The topological polar surface area (TPSA) is 52.8 Å². The molecule has 1 aromatic carbocycles. The Morgan fingerprint density at radius 2 is 2.05 bits per heavy atom. The number of ether oxygens (including phenoxy) is 1. The molecule has 3 aromatic rings. The Kier molecular flexibility index (Phi) is 3.51. The number of aromatic nitrogens is 4. The molecule has 0 aliphatic heterocycles. The molecule has 6 heteroatoms. The zero-order valence-corrected chi connectivity index (χ0v) is 12.8. The van der Waals surface area contributed by atoms with Crippen molar-refractivity contribution >= 4 is 22.6 Å². The highest BCUT2D eigenvalue weighted by Crippen LogP contribution is 2.22. The van der Waals surface area contributed by atoms with Crippen molar-refractivity contribution in [2.75, 3.05) is 0 Å². The first kappa shape index (κ1) is 13.8. The highest BCUT2D eigenvalue weighted by atomic mass is 35.5. The number of fused-ring (bicyclic) bond motifs is 1. The lowest BCUT2D eigenvalue weighted by atomic mass is 10.1. The molecule has 2 aromatic heterocycles. The summed E-state index contributed by atoms with van der Waals surface area (Å²) in [7, 11) is 1.82. The van der Waals surface area contributed by atoms with Gasteiger partial charge in [0, 0.05) is 7.05 Å². The molecule has 0 N–H and O–H groups in total. The summed E-state index contributed by atoms with van der Waals surface area (Å²) in [5.74, 6) is 1.37. The van der Waals surface area contributed by atoms with E-state index in [-0.39, 0.29) is 6.61 Å². The predicted molar refractivity (Wildman–Crippen MR) is 81.6 cm³/mol. The van der Waals surface area contributed by atoms with Crippen LogP contribution in [0.15, 0.2) is 24.4 Å². The van der Waals surface area contributed by atoms with E-state index in [4.69, 9.17) is 16.3 Å². The lowest BCUT2D eigenvalue weighted by Crippen LogP contribution is -2.04. The molecule has 0 bridgehead atoms. The summed E-state index contributed by atoms with van der Waals surface area (Å²) in [6.45, 7) is 4.30. The smallest absolute Gasteiger partial charge is 0.170 e. The van der Waals surface area contributed by atoms with Crippen molar-refractivity contribution in [1.82, 2.24) is 19.7 Å². The van der Waals surface area contributed by atoms with E-state index in [1.807, 2.05) is 33.0 Å². The van der Waals surface area contributed by atoms with E-state index >= 15 is 0 Å². The molecule has 21 heavy (non-hydrogen) atoms. The third-order valence-electron chi connectivity index (χ3n) is 3.29. The Hall–Kier alpha value is -2.14. The summed E-state index contributed by atoms with van der Waals surface area (Å²) >= 11 is 6.15. The maximum Gasteiger partial charge on any atom is 0.170 e. The number of benzene rings is 1. The van der Waals surface area contributed by atoms with Gasteiger partial charge in [-0.1, -0.05) is 23.7 Å². The Labute approximate surface area is 127 Å². The zero-order chi connectivity index (χ0) is 15.0. The number of nitrogens with zero attached hydrogens (tertiary/aromatic N) is 4. The van der Waals surface area contributed by atoms with Crippen molar-refractivity contribution < 1.29 is 4.74 Å². The average molecular weight is 303 g/mol. The SMILES string of the molecule is Cc1ccc(C)c(OCc2nc(Cl)c3cnn(C)c3n2)c1.